The number of hydrogen-bond donors (Lipinski definition) is 3. The fourth-order valence-corrected chi connectivity index (χ4v) is 7.00. The average Bonchev–Trinajstić information content (AvgIpc) is 3.54. The Labute approximate surface area is 338 Å². The van der Waals surface area contributed by atoms with Gasteiger partial charge in [0.15, 0.2) is 11.9 Å². The summed E-state index contributed by atoms with van der Waals surface area (Å²) in [5, 5.41) is 18.4. The molecule has 0 fully saturated rings. The summed E-state index contributed by atoms with van der Waals surface area (Å²) in [5.74, 6) is -0.995. The van der Waals surface area contributed by atoms with E-state index in [9.17, 15) is 28.9 Å². The number of unbranched alkanes of at least 4 members (excludes halogenated alkanes) is 18. The first-order chi connectivity index (χ1) is 27.1. The highest BCUT2D eigenvalue weighted by Gasteiger charge is 2.27. The van der Waals surface area contributed by atoms with Crippen LogP contribution >= 0.6 is 7.82 Å². The van der Waals surface area contributed by atoms with Gasteiger partial charge in [-0.1, -0.05) is 153 Å². The average molecular weight is 811 g/mol. The molecule has 1 aliphatic rings. The van der Waals surface area contributed by atoms with Crippen LogP contribution < -0.4 is 0 Å². The summed E-state index contributed by atoms with van der Waals surface area (Å²) in [6.07, 6.45) is 35.7. The van der Waals surface area contributed by atoms with Crippen molar-refractivity contribution in [2.24, 2.45) is 5.92 Å². The van der Waals surface area contributed by atoms with Crippen LogP contribution in [0.25, 0.3) is 0 Å². The predicted molar refractivity (Wildman–Crippen MR) is 222 cm³/mol. The maximum atomic E-state index is 12.7. The van der Waals surface area contributed by atoms with Crippen molar-refractivity contribution < 1.29 is 52.6 Å². The lowest BCUT2D eigenvalue weighted by Gasteiger charge is -2.20. The van der Waals surface area contributed by atoms with Gasteiger partial charge < -0.3 is 24.6 Å². The molecule has 1 unspecified atom stereocenters. The molecule has 0 aromatic rings. The normalized spacial score (nSPS) is 17.3. The molecule has 4 atom stereocenters. The van der Waals surface area contributed by atoms with E-state index in [-0.39, 0.29) is 31.1 Å². The van der Waals surface area contributed by atoms with E-state index in [1.807, 2.05) is 30.4 Å². The van der Waals surface area contributed by atoms with Gasteiger partial charge in [0.1, 0.15) is 12.7 Å². The molecule has 0 saturated heterocycles. The van der Waals surface area contributed by atoms with Crippen molar-refractivity contribution >= 4 is 25.5 Å². The van der Waals surface area contributed by atoms with Crippen LogP contribution in [0.15, 0.2) is 48.1 Å². The van der Waals surface area contributed by atoms with Gasteiger partial charge >= 0.3 is 19.8 Å². The van der Waals surface area contributed by atoms with Crippen LogP contribution in [0.5, 0.6) is 0 Å². The predicted octanol–water partition coefficient (Wildman–Crippen LogP) is 10.1. The van der Waals surface area contributed by atoms with Crippen LogP contribution in [0, 0.1) is 5.92 Å². The summed E-state index contributed by atoms with van der Waals surface area (Å²) in [6, 6.07) is 0. The number of aliphatic hydroxyl groups is 2. The molecule has 11 nitrogen and oxygen atoms in total. The number of ether oxygens (including phenoxy) is 2. The van der Waals surface area contributed by atoms with Crippen molar-refractivity contribution in [3.05, 3.63) is 48.1 Å². The Hall–Kier alpha value is -2.40. The van der Waals surface area contributed by atoms with Gasteiger partial charge in [0, 0.05) is 24.3 Å². The lowest BCUT2D eigenvalue weighted by atomic mass is 9.97. The molecule has 0 aliphatic heterocycles. The summed E-state index contributed by atoms with van der Waals surface area (Å²) >= 11 is 0. The van der Waals surface area contributed by atoms with Crippen molar-refractivity contribution in [2.75, 3.05) is 26.4 Å². The van der Waals surface area contributed by atoms with Crippen LogP contribution in [0.1, 0.15) is 168 Å². The van der Waals surface area contributed by atoms with Gasteiger partial charge in [-0.2, -0.15) is 0 Å². The Morgan fingerprint density at radius 3 is 1.91 bits per heavy atom. The lowest BCUT2D eigenvalue weighted by molar-refractivity contribution is -0.161. The smallest absolute Gasteiger partial charge is 0.462 e. The van der Waals surface area contributed by atoms with Crippen molar-refractivity contribution in [2.45, 2.75) is 180 Å². The van der Waals surface area contributed by atoms with Gasteiger partial charge in [0.2, 0.25) is 0 Å². The van der Waals surface area contributed by atoms with Gasteiger partial charge in [-0.3, -0.25) is 23.4 Å². The Kier molecular flexibility index (Phi) is 31.9. The number of carbonyl (C=O) groups excluding carboxylic acids is 3. The molecule has 0 aromatic carbocycles. The number of esters is 2. The van der Waals surface area contributed by atoms with E-state index in [0.29, 0.717) is 25.7 Å². The minimum Gasteiger partial charge on any atom is -0.462 e. The highest BCUT2D eigenvalue weighted by atomic mass is 31.2. The zero-order valence-corrected chi connectivity index (χ0v) is 35.5. The molecule has 1 aliphatic carbocycles. The Balaban J connectivity index is 2.42. The monoisotopic (exact) mass is 811 g/mol. The Morgan fingerprint density at radius 1 is 0.732 bits per heavy atom. The van der Waals surface area contributed by atoms with Gasteiger partial charge in [0.25, 0.3) is 0 Å². The van der Waals surface area contributed by atoms with E-state index in [4.69, 9.17) is 19.1 Å². The third kappa shape index (κ3) is 28.9. The minimum atomic E-state index is -4.66. The number of hydrogen-bond acceptors (Lipinski definition) is 10. The van der Waals surface area contributed by atoms with Crippen LogP contribution in [0.3, 0.4) is 0 Å². The number of ketones is 1. The molecule has 12 heteroatoms. The summed E-state index contributed by atoms with van der Waals surface area (Å²) in [4.78, 5) is 47.4. The van der Waals surface area contributed by atoms with Crippen LogP contribution in [0.2, 0.25) is 0 Å². The fraction of sp³-hybridized carbons (Fsp3) is 0.750. The first-order valence-electron chi connectivity index (χ1n) is 21.6. The third-order valence-corrected chi connectivity index (χ3v) is 10.6. The second-order valence-electron chi connectivity index (χ2n) is 14.9. The largest absolute Gasteiger partial charge is 0.472 e. The molecule has 0 aromatic heterocycles. The standard InChI is InChI=1S/C44H75O11P/c1-3-5-7-9-11-12-13-14-15-16-17-18-19-21-26-30-43(48)52-36-40(37-54-56(50,51)53-35-39(46)34-45)55-44(49)31-27-23-22-24-28-38-32-33-42(47)41(38)29-25-20-10-8-6-4-2/h20,22,24-25,29,32-33,38-40,45-46H,3-19,21,23,26-28,30-31,34-37H2,1-2H3,(H,50,51)/b24-22-,25-20+,41-29+/t38-,39+,40-/m0/s1. The lowest BCUT2D eigenvalue weighted by Crippen LogP contribution is -2.29. The van der Waals surface area contributed by atoms with Gasteiger partial charge in [-0.05, 0) is 44.6 Å². The van der Waals surface area contributed by atoms with E-state index in [2.05, 4.69) is 24.4 Å². The maximum Gasteiger partial charge on any atom is 0.472 e. The molecule has 0 saturated carbocycles. The molecule has 0 spiro atoms. The minimum absolute atomic E-state index is 0.0186. The van der Waals surface area contributed by atoms with Crippen LogP contribution in [-0.2, 0) is 37.5 Å². The van der Waals surface area contributed by atoms with Crippen LogP contribution in [-0.4, -0.2) is 71.5 Å². The summed E-state index contributed by atoms with van der Waals surface area (Å²) in [7, 11) is -4.66. The maximum absolute atomic E-state index is 12.7. The summed E-state index contributed by atoms with van der Waals surface area (Å²) in [5.41, 5.74) is 0.774. The van der Waals surface area contributed by atoms with E-state index in [1.165, 1.54) is 83.5 Å². The number of carbonyl (C=O) groups is 3. The summed E-state index contributed by atoms with van der Waals surface area (Å²) < 4.78 is 32.7. The zero-order valence-electron chi connectivity index (χ0n) is 34.6. The molecular weight excluding hydrogens is 735 g/mol. The topological polar surface area (TPSA) is 166 Å². The molecule has 56 heavy (non-hydrogen) atoms. The number of phosphoric ester groups is 1. The van der Waals surface area contributed by atoms with Gasteiger partial charge in [0.05, 0.1) is 19.8 Å². The van der Waals surface area contributed by atoms with Crippen molar-refractivity contribution in [1.82, 2.24) is 0 Å². The Morgan fingerprint density at radius 2 is 1.29 bits per heavy atom. The number of aliphatic hydroxyl groups excluding tert-OH is 2. The molecule has 322 valence electrons. The van der Waals surface area contributed by atoms with Crippen molar-refractivity contribution in [1.29, 1.82) is 0 Å². The molecule has 1 rings (SSSR count). The first-order valence-corrected chi connectivity index (χ1v) is 23.1. The summed E-state index contributed by atoms with van der Waals surface area (Å²) in [6.45, 7) is 2.16. The number of phosphoric acid groups is 1. The van der Waals surface area contributed by atoms with E-state index >= 15 is 0 Å². The molecule has 3 N–H and O–H groups in total. The zero-order chi connectivity index (χ0) is 41.1. The third-order valence-electron chi connectivity index (χ3n) is 9.64. The SMILES string of the molecule is CCCCC/C=C/C=C1/C(=O)C=C[C@@H]1C/C=C\CCCC(=O)O[C@@H](COC(=O)CCCCCCCCCCCCCCCCC)COP(=O)(O)OC[C@H](O)CO. The molecular formula is C44H75O11P. The van der Waals surface area contributed by atoms with E-state index < -0.39 is 51.8 Å². The number of allylic oxidation sites excluding steroid dienone is 8. The van der Waals surface area contributed by atoms with Gasteiger partial charge in [-0.15, -0.1) is 0 Å². The van der Waals surface area contributed by atoms with Crippen molar-refractivity contribution in [3.8, 4) is 0 Å². The highest BCUT2D eigenvalue weighted by molar-refractivity contribution is 7.47. The quantitative estimate of drug-likeness (QED) is 0.0180. The first kappa shape index (κ1) is 51.6. The number of rotatable bonds is 37. The molecule has 0 amide bonds. The van der Waals surface area contributed by atoms with E-state index in [0.717, 1.165) is 37.7 Å². The Bertz CT molecular complexity index is 1210. The van der Waals surface area contributed by atoms with Crippen LogP contribution in [0.4, 0.5) is 0 Å². The van der Waals surface area contributed by atoms with Crippen molar-refractivity contribution in [3.63, 3.8) is 0 Å². The highest BCUT2D eigenvalue weighted by Crippen LogP contribution is 2.43. The molecule has 0 bridgehead atoms. The second-order valence-corrected chi connectivity index (χ2v) is 16.3. The fourth-order valence-electron chi connectivity index (χ4n) is 6.21. The second kappa shape index (κ2) is 34.6. The van der Waals surface area contributed by atoms with E-state index in [1.54, 1.807) is 6.08 Å². The van der Waals surface area contributed by atoms with Gasteiger partial charge in [-0.25, -0.2) is 4.57 Å². The molecule has 0 radical (unpaired) electrons. The molecule has 0 heterocycles.